The minimum atomic E-state index is -1.68. The van der Waals surface area contributed by atoms with Crippen molar-refractivity contribution >= 4 is 40.3 Å². The van der Waals surface area contributed by atoms with E-state index in [0.717, 1.165) is 6.07 Å². The molecule has 0 aliphatic heterocycles. The summed E-state index contributed by atoms with van der Waals surface area (Å²) >= 11 is 1.85. The van der Waals surface area contributed by atoms with Crippen LogP contribution in [0.25, 0.3) is 11.1 Å². The number of aromatic nitrogens is 1. The second-order valence-electron chi connectivity index (χ2n) is 4.23. The average Bonchev–Trinajstić information content (AvgIpc) is 2.39. The Morgan fingerprint density at radius 1 is 1.18 bits per heavy atom. The number of rotatable bonds is 3. The number of anilines is 1. The van der Waals surface area contributed by atoms with Gasteiger partial charge in [0.1, 0.15) is 22.8 Å². The number of pyridine rings is 1. The van der Waals surface area contributed by atoms with Crippen LogP contribution in [-0.2, 0) is 0 Å². The molecule has 1 aromatic heterocycles. The zero-order valence-electron chi connectivity index (χ0n) is 10.7. The Balaban J connectivity index is 3.06. The first-order valence-corrected chi connectivity index (χ1v) is 6.79. The van der Waals surface area contributed by atoms with Gasteiger partial charge in [-0.3, -0.25) is 4.79 Å². The van der Waals surface area contributed by atoms with E-state index in [-0.39, 0.29) is 5.56 Å². The van der Waals surface area contributed by atoms with E-state index in [1.807, 2.05) is 27.6 Å². The third kappa shape index (κ3) is 2.66. The summed E-state index contributed by atoms with van der Waals surface area (Å²) in [7, 11) is 0. The molecule has 22 heavy (non-hydrogen) atoms. The Labute approximate surface area is 135 Å². The number of carboxylic acids is 2. The van der Waals surface area contributed by atoms with E-state index < -0.39 is 45.8 Å². The molecule has 0 radical (unpaired) electrons. The van der Waals surface area contributed by atoms with Gasteiger partial charge in [-0.2, -0.15) is 0 Å². The quantitative estimate of drug-likeness (QED) is 0.562. The number of benzene rings is 1. The average molecular weight is 418 g/mol. The fraction of sp³-hybridized carbons (Fsp3) is 0. The van der Waals surface area contributed by atoms with Crippen LogP contribution in [0.5, 0.6) is 0 Å². The minimum absolute atomic E-state index is 0.320. The van der Waals surface area contributed by atoms with Gasteiger partial charge in [-0.05, 0) is 40.8 Å². The van der Waals surface area contributed by atoms with Crippen LogP contribution in [0.3, 0.4) is 0 Å². The lowest BCUT2D eigenvalue weighted by molar-refractivity contribution is 0.0695. The zero-order valence-corrected chi connectivity index (χ0v) is 12.8. The molecule has 0 spiro atoms. The number of hydrogen-bond donors (Lipinski definition) is 4. The maximum Gasteiger partial charge on any atom is 0.342 e. The van der Waals surface area contributed by atoms with Crippen LogP contribution in [0, 0.1) is 9.39 Å². The summed E-state index contributed by atoms with van der Waals surface area (Å²) in [6.07, 6.45) is 0. The van der Waals surface area contributed by atoms with Crippen molar-refractivity contribution in [1.29, 1.82) is 0 Å². The first-order valence-electron chi connectivity index (χ1n) is 5.71. The number of nitrogens with one attached hydrogen (secondary N) is 1. The molecule has 0 aliphatic rings. The van der Waals surface area contributed by atoms with Crippen molar-refractivity contribution in [2.45, 2.75) is 0 Å². The third-order valence-corrected chi connectivity index (χ3v) is 3.54. The predicted molar refractivity (Wildman–Crippen MR) is 83.5 cm³/mol. The largest absolute Gasteiger partial charge is 0.478 e. The topological polar surface area (TPSA) is 133 Å². The van der Waals surface area contributed by atoms with Crippen molar-refractivity contribution in [2.24, 2.45) is 0 Å². The molecule has 2 aromatic rings. The summed E-state index contributed by atoms with van der Waals surface area (Å²) in [5, 5.41) is 18.4. The summed E-state index contributed by atoms with van der Waals surface area (Å²) in [6.45, 7) is 0. The van der Waals surface area contributed by atoms with E-state index >= 15 is 0 Å². The summed E-state index contributed by atoms with van der Waals surface area (Å²) in [6, 6.07) is 3.70. The first-order chi connectivity index (χ1) is 10.2. The second-order valence-corrected chi connectivity index (χ2v) is 5.47. The van der Waals surface area contributed by atoms with Crippen LogP contribution in [0.2, 0.25) is 0 Å². The molecule has 1 aromatic carbocycles. The van der Waals surface area contributed by atoms with E-state index in [4.69, 9.17) is 5.73 Å². The molecule has 0 amide bonds. The maximum absolute atomic E-state index is 14.1. The van der Waals surface area contributed by atoms with Gasteiger partial charge < -0.3 is 20.9 Å². The van der Waals surface area contributed by atoms with Gasteiger partial charge in [0.15, 0.2) is 0 Å². The van der Waals surface area contributed by atoms with Crippen LogP contribution in [0.1, 0.15) is 20.7 Å². The van der Waals surface area contributed by atoms with E-state index in [1.165, 1.54) is 12.1 Å². The second kappa shape index (κ2) is 5.75. The van der Waals surface area contributed by atoms with E-state index in [0.29, 0.717) is 3.57 Å². The molecule has 0 unspecified atom stereocenters. The summed E-state index contributed by atoms with van der Waals surface area (Å²) < 4.78 is 14.6. The SMILES string of the molecule is Nc1[nH]c(=O)c(C(=O)O)c(-c2cc(I)ccc2F)c1C(=O)O. The predicted octanol–water partition coefficient (Wildman–Crippen LogP) is 1.76. The molecule has 114 valence electrons. The van der Waals surface area contributed by atoms with E-state index in [9.17, 15) is 29.0 Å². The number of H-pyrrole nitrogens is 1. The molecule has 7 nitrogen and oxygen atoms in total. The Kier molecular flexibility index (Phi) is 4.17. The highest BCUT2D eigenvalue weighted by atomic mass is 127. The molecule has 5 N–H and O–H groups in total. The smallest absolute Gasteiger partial charge is 0.342 e. The van der Waals surface area contributed by atoms with Crippen molar-refractivity contribution in [1.82, 2.24) is 4.98 Å². The third-order valence-electron chi connectivity index (χ3n) is 2.87. The zero-order chi connectivity index (χ0) is 16.6. The number of carbonyl (C=O) groups is 2. The van der Waals surface area contributed by atoms with Crippen LogP contribution >= 0.6 is 22.6 Å². The lowest BCUT2D eigenvalue weighted by atomic mass is 9.95. The molecule has 1 heterocycles. The molecular weight excluding hydrogens is 410 g/mol. The Morgan fingerprint density at radius 2 is 1.77 bits per heavy atom. The van der Waals surface area contributed by atoms with Crippen LogP contribution < -0.4 is 11.3 Å². The van der Waals surface area contributed by atoms with Crippen molar-refractivity contribution < 1.29 is 24.2 Å². The summed E-state index contributed by atoms with van der Waals surface area (Å²) in [4.78, 5) is 36.5. The molecule has 2 rings (SSSR count). The highest BCUT2D eigenvalue weighted by Gasteiger charge is 2.28. The number of nitrogens with two attached hydrogens (primary N) is 1. The van der Waals surface area contributed by atoms with Gasteiger partial charge in [0.2, 0.25) is 0 Å². The Hall–Kier alpha value is -2.43. The van der Waals surface area contributed by atoms with Gasteiger partial charge >= 0.3 is 11.9 Å². The number of hydrogen-bond acceptors (Lipinski definition) is 4. The maximum atomic E-state index is 14.1. The number of carboxylic acid groups (broad SMARTS) is 2. The van der Waals surface area contributed by atoms with Gasteiger partial charge in [0.25, 0.3) is 5.56 Å². The monoisotopic (exact) mass is 418 g/mol. The van der Waals surface area contributed by atoms with Crippen molar-refractivity contribution in [3.63, 3.8) is 0 Å². The van der Waals surface area contributed by atoms with E-state index in [2.05, 4.69) is 0 Å². The fourth-order valence-electron chi connectivity index (χ4n) is 2.01. The van der Waals surface area contributed by atoms with Gasteiger partial charge in [0, 0.05) is 14.7 Å². The van der Waals surface area contributed by atoms with Gasteiger partial charge in [-0.25, -0.2) is 14.0 Å². The molecule has 0 fully saturated rings. The lowest BCUT2D eigenvalue weighted by Crippen LogP contribution is -2.24. The normalized spacial score (nSPS) is 10.5. The van der Waals surface area contributed by atoms with Crippen molar-refractivity contribution in [3.8, 4) is 11.1 Å². The number of aromatic carboxylic acids is 2. The van der Waals surface area contributed by atoms with Crippen molar-refractivity contribution in [2.75, 3.05) is 5.73 Å². The Morgan fingerprint density at radius 3 is 2.32 bits per heavy atom. The minimum Gasteiger partial charge on any atom is -0.478 e. The molecule has 0 saturated heterocycles. The molecule has 0 saturated carbocycles. The van der Waals surface area contributed by atoms with Crippen LogP contribution in [-0.4, -0.2) is 27.1 Å². The highest BCUT2D eigenvalue weighted by Crippen LogP contribution is 2.32. The molecule has 0 aliphatic carbocycles. The number of nitrogen functional groups attached to an aromatic ring is 1. The Bertz CT molecular complexity index is 862. The molecule has 9 heteroatoms. The highest BCUT2D eigenvalue weighted by molar-refractivity contribution is 14.1. The van der Waals surface area contributed by atoms with Gasteiger partial charge in [-0.1, -0.05) is 0 Å². The number of aromatic amines is 1. The molecular formula is C13H8FIN2O5. The number of halogens is 2. The summed E-state index contributed by atoms with van der Waals surface area (Å²) in [5.41, 5.74) is 1.93. The molecule has 0 bridgehead atoms. The van der Waals surface area contributed by atoms with Gasteiger partial charge in [-0.15, -0.1) is 0 Å². The van der Waals surface area contributed by atoms with Gasteiger partial charge in [0.05, 0.1) is 0 Å². The van der Waals surface area contributed by atoms with E-state index in [1.54, 1.807) is 0 Å². The first kappa shape index (κ1) is 15.9. The fourth-order valence-corrected chi connectivity index (χ4v) is 2.50. The van der Waals surface area contributed by atoms with Crippen LogP contribution in [0.15, 0.2) is 23.0 Å². The molecule has 0 atom stereocenters. The lowest BCUT2D eigenvalue weighted by Gasteiger charge is -2.13. The van der Waals surface area contributed by atoms with Crippen LogP contribution in [0.4, 0.5) is 10.2 Å². The summed E-state index contributed by atoms with van der Waals surface area (Å²) in [5.74, 6) is -4.67. The van der Waals surface area contributed by atoms with Crippen molar-refractivity contribution in [3.05, 3.63) is 49.1 Å². The standard InChI is InChI=1S/C13H8FIN2O5/c14-6-2-1-4(15)3-5(6)7-8(12(19)20)10(16)17-11(18)9(7)13(21)22/h1-3H,(H,19,20)(H,21,22)(H3,16,17,18).